The Kier molecular flexibility index (Phi) is 4.29. The first kappa shape index (κ1) is 10.9. The van der Waals surface area contributed by atoms with Crippen molar-refractivity contribution in [2.45, 2.75) is 18.9 Å². The van der Waals surface area contributed by atoms with Crippen LogP contribution < -0.4 is 0 Å². The maximum atomic E-state index is 10.1. The van der Waals surface area contributed by atoms with Crippen molar-refractivity contribution < 1.29 is 15.0 Å². The summed E-state index contributed by atoms with van der Waals surface area (Å²) < 4.78 is 0. The Morgan fingerprint density at radius 2 is 1.93 bits per heavy atom. The predicted molar refractivity (Wildman–Crippen MR) is 52.9 cm³/mol. The van der Waals surface area contributed by atoms with Crippen molar-refractivity contribution in [3.63, 3.8) is 0 Å². The predicted octanol–water partition coefficient (Wildman–Crippen LogP) is 0.844. The number of rotatable bonds is 5. The van der Waals surface area contributed by atoms with E-state index in [1.54, 1.807) is 12.1 Å². The van der Waals surface area contributed by atoms with E-state index in [0.717, 1.165) is 18.3 Å². The zero-order chi connectivity index (χ0) is 10.4. The van der Waals surface area contributed by atoms with E-state index in [4.69, 9.17) is 5.11 Å². The van der Waals surface area contributed by atoms with Crippen LogP contribution in [0.5, 0.6) is 0 Å². The van der Waals surface area contributed by atoms with Gasteiger partial charge in [0.15, 0.2) is 0 Å². The molecule has 2 N–H and O–H groups in total. The van der Waals surface area contributed by atoms with Gasteiger partial charge in [-0.25, -0.2) is 0 Å². The minimum atomic E-state index is -0.810. The van der Waals surface area contributed by atoms with Gasteiger partial charge < -0.3 is 15.0 Å². The highest BCUT2D eigenvalue weighted by Crippen LogP contribution is 2.13. The Balaban J connectivity index is 2.63. The Morgan fingerprint density at radius 3 is 2.43 bits per heavy atom. The number of hydrogen-bond donors (Lipinski definition) is 2. The lowest BCUT2D eigenvalue weighted by Gasteiger charge is -2.07. The van der Waals surface area contributed by atoms with Crippen molar-refractivity contribution >= 4 is 6.29 Å². The first-order valence-corrected chi connectivity index (χ1v) is 4.59. The highest BCUT2D eigenvalue weighted by molar-refractivity contribution is 5.50. The third-order valence-electron chi connectivity index (χ3n) is 2.09. The quantitative estimate of drug-likeness (QED) is 0.683. The maximum absolute atomic E-state index is 10.1. The minimum absolute atomic E-state index is 0.270. The highest BCUT2D eigenvalue weighted by Gasteiger charge is 2.04. The second-order valence-corrected chi connectivity index (χ2v) is 3.15. The van der Waals surface area contributed by atoms with Crippen molar-refractivity contribution in [2.75, 3.05) is 6.61 Å². The van der Waals surface area contributed by atoms with E-state index in [1.807, 2.05) is 12.1 Å². The van der Waals surface area contributed by atoms with Gasteiger partial charge in [0.2, 0.25) is 0 Å². The summed E-state index contributed by atoms with van der Waals surface area (Å²) in [4.78, 5) is 10.1. The number of benzene rings is 1. The zero-order valence-electron chi connectivity index (χ0n) is 7.89. The van der Waals surface area contributed by atoms with E-state index in [0.29, 0.717) is 12.0 Å². The fraction of sp³-hybridized carbons (Fsp3) is 0.364. The summed E-state index contributed by atoms with van der Waals surface area (Å²) in [6.45, 7) is -0.270. The summed E-state index contributed by atoms with van der Waals surface area (Å²) in [7, 11) is 0. The molecule has 1 aromatic rings. The second kappa shape index (κ2) is 5.52. The Bertz CT molecular complexity index is 279. The van der Waals surface area contributed by atoms with Crippen LogP contribution in [0.2, 0.25) is 0 Å². The molecule has 76 valence electrons. The van der Waals surface area contributed by atoms with E-state index < -0.39 is 6.10 Å². The molecule has 0 radical (unpaired) electrons. The lowest BCUT2D eigenvalue weighted by molar-refractivity contribution is -0.107. The molecular formula is C11H14O3. The number of aldehydes is 1. The summed E-state index contributed by atoms with van der Waals surface area (Å²) in [5, 5.41) is 18.0. The number of aliphatic hydroxyl groups excluding tert-OH is 2. The topological polar surface area (TPSA) is 57.5 Å². The van der Waals surface area contributed by atoms with Crippen LogP contribution in [0.3, 0.4) is 0 Å². The van der Waals surface area contributed by atoms with Gasteiger partial charge in [0.05, 0.1) is 6.61 Å². The van der Waals surface area contributed by atoms with E-state index in [-0.39, 0.29) is 6.61 Å². The molecule has 14 heavy (non-hydrogen) atoms. The van der Waals surface area contributed by atoms with Crippen LogP contribution in [-0.2, 0) is 11.2 Å². The van der Waals surface area contributed by atoms with Gasteiger partial charge in [-0.15, -0.1) is 0 Å². The van der Waals surface area contributed by atoms with E-state index >= 15 is 0 Å². The first-order chi connectivity index (χ1) is 6.77. The molecule has 0 aliphatic rings. The molecule has 3 nitrogen and oxygen atoms in total. The molecule has 0 saturated carbocycles. The van der Waals surface area contributed by atoms with Gasteiger partial charge in [0.1, 0.15) is 12.4 Å². The average molecular weight is 194 g/mol. The summed E-state index contributed by atoms with van der Waals surface area (Å²) in [6, 6.07) is 7.25. The molecule has 0 saturated heterocycles. The third-order valence-corrected chi connectivity index (χ3v) is 2.09. The van der Waals surface area contributed by atoms with Gasteiger partial charge in [0, 0.05) is 6.42 Å². The highest BCUT2D eigenvalue weighted by atomic mass is 16.3. The Labute approximate surface area is 83.0 Å². The van der Waals surface area contributed by atoms with Gasteiger partial charge in [-0.1, -0.05) is 24.3 Å². The molecule has 0 heterocycles. The Morgan fingerprint density at radius 1 is 1.29 bits per heavy atom. The van der Waals surface area contributed by atoms with Crippen molar-refractivity contribution in [3.05, 3.63) is 35.4 Å². The van der Waals surface area contributed by atoms with Gasteiger partial charge in [-0.2, -0.15) is 0 Å². The molecule has 1 atom stereocenters. The van der Waals surface area contributed by atoms with Gasteiger partial charge >= 0.3 is 0 Å². The van der Waals surface area contributed by atoms with Gasteiger partial charge in [0.25, 0.3) is 0 Å². The number of hydrogen-bond acceptors (Lipinski definition) is 3. The van der Waals surface area contributed by atoms with Gasteiger partial charge in [-0.05, 0) is 17.5 Å². The number of aryl methyl sites for hydroxylation is 1. The summed E-state index contributed by atoms with van der Waals surface area (Å²) in [5.41, 5.74) is 1.76. The SMILES string of the molecule is O=CCCc1ccc(C(O)CO)cc1. The smallest absolute Gasteiger partial charge is 0.120 e. The third kappa shape index (κ3) is 2.94. The molecule has 1 unspecified atom stereocenters. The molecule has 1 rings (SSSR count). The number of aliphatic hydroxyl groups is 2. The number of carbonyl (C=O) groups excluding carboxylic acids is 1. The van der Waals surface area contributed by atoms with Crippen LogP contribution in [0.1, 0.15) is 23.7 Å². The molecule has 0 fully saturated rings. The van der Waals surface area contributed by atoms with Crippen molar-refractivity contribution in [2.24, 2.45) is 0 Å². The fourth-order valence-electron chi connectivity index (χ4n) is 1.24. The molecule has 0 aromatic heterocycles. The van der Waals surface area contributed by atoms with Crippen LogP contribution in [0.15, 0.2) is 24.3 Å². The molecule has 0 aliphatic heterocycles. The maximum Gasteiger partial charge on any atom is 0.120 e. The standard InChI is InChI=1S/C11H14O3/c12-7-1-2-9-3-5-10(6-4-9)11(14)8-13/h3-7,11,13-14H,1-2,8H2. The lowest BCUT2D eigenvalue weighted by atomic mass is 10.0. The van der Waals surface area contributed by atoms with E-state index in [1.165, 1.54) is 0 Å². The zero-order valence-corrected chi connectivity index (χ0v) is 7.89. The molecular weight excluding hydrogens is 180 g/mol. The normalized spacial score (nSPS) is 12.4. The van der Waals surface area contributed by atoms with Crippen LogP contribution in [0.4, 0.5) is 0 Å². The van der Waals surface area contributed by atoms with Crippen molar-refractivity contribution in [1.29, 1.82) is 0 Å². The molecule has 0 aliphatic carbocycles. The molecule has 3 heteroatoms. The minimum Gasteiger partial charge on any atom is -0.393 e. The van der Waals surface area contributed by atoms with Crippen LogP contribution in [0, 0.1) is 0 Å². The largest absolute Gasteiger partial charge is 0.393 e. The van der Waals surface area contributed by atoms with Crippen LogP contribution in [0.25, 0.3) is 0 Å². The van der Waals surface area contributed by atoms with E-state index in [9.17, 15) is 9.90 Å². The van der Waals surface area contributed by atoms with E-state index in [2.05, 4.69) is 0 Å². The monoisotopic (exact) mass is 194 g/mol. The number of carbonyl (C=O) groups is 1. The lowest BCUT2D eigenvalue weighted by Crippen LogP contribution is -2.02. The van der Waals surface area contributed by atoms with Crippen molar-refractivity contribution in [3.8, 4) is 0 Å². The summed E-state index contributed by atoms with van der Waals surface area (Å²) in [6.07, 6.45) is 1.31. The molecule has 0 amide bonds. The van der Waals surface area contributed by atoms with Gasteiger partial charge in [-0.3, -0.25) is 0 Å². The average Bonchev–Trinajstić information content (AvgIpc) is 2.26. The molecule has 1 aromatic carbocycles. The summed E-state index contributed by atoms with van der Waals surface area (Å²) in [5.74, 6) is 0. The second-order valence-electron chi connectivity index (χ2n) is 3.15. The Hall–Kier alpha value is -1.19. The molecule has 0 spiro atoms. The molecule has 0 bridgehead atoms. The fourth-order valence-corrected chi connectivity index (χ4v) is 1.24. The van der Waals surface area contributed by atoms with Crippen LogP contribution in [-0.4, -0.2) is 23.1 Å². The summed E-state index contributed by atoms with van der Waals surface area (Å²) >= 11 is 0. The van der Waals surface area contributed by atoms with Crippen LogP contribution >= 0.6 is 0 Å². The first-order valence-electron chi connectivity index (χ1n) is 4.59. The van der Waals surface area contributed by atoms with Crippen molar-refractivity contribution in [1.82, 2.24) is 0 Å².